The third kappa shape index (κ3) is 2.02. The minimum Gasteiger partial charge on any atom is -0.497 e. The van der Waals surface area contributed by atoms with E-state index in [9.17, 15) is 4.79 Å². The van der Waals surface area contributed by atoms with Crippen LogP contribution in [0.5, 0.6) is 5.75 Å². The number of ether oxygens (including phenoxy) is 1. The van der Waals surface area contributed by atoms with E-state index in [0.717, 1.165) is 16.5 Å². The summed E-state index contributed by atoms with van der Waals surface area (Å²) < 4.78 is 5.03. The van der Waals surface area contributed by atoms with Crippen molar-refractivity contribution >= 4 is 31.4 Å². The van der Waals surface area contributed by atoms with Crippen molar-refractivity contribution in [3.8, 4) is 5.75 Å². The number of hydrogen-bond donors (Lipinski definition) is 0. The molecule has 0 aliphatic rings. The molecule has 0 amide bonds. The molecule has 2 nitrogen and oxygen atoms in total. The van der Waals surface area contributed by atoms with E-state index >= 15 is 0 Å². The lowest BCUT2D eigenvalue weighted by atomic mass is 10.1. The minimum absolute atomic E-state index is 0.0970. The molecule has 0 aromatic heterocycles. The summed E-state index contributed by atoms with van der Waals surface area (Å²) in [6, 6.07) is 11.3. The van der Waals surface area contributed by atoms with E-state index in [1.807, 2.05) is 30.3 Å². The summed E-state index contributed by atoms with van der Waals surface area (Å²) in [6.45, 7) is 0. The third-order valence-electron chi connectivity index (χ3n) is 2.27. The lowest BCUT2D eigenvalue weighted by Crippen LogP contribution is -1.88. The van der Waals surface area contributed by atoms with E-state index in [-0.39, 0.29) is 4.69 Å². The summed E-state index contributed by atoms with van der Waals surface area (Å²) in [5.74, 6) is 0.820. The van der Waals surface area contributed by atoms with Crippen molar-refractivity contribution in [1.82, 2.24) is 0 Å². The largest absolute Gasteiger partial charge is 0.497 e. The topological polar surface area (TPSA) is 26.3 Å². The zero-order chi connectivity index (χ0) is 10.8. The molecule has 15 heavy (non-hydrogen) atoms. The monoisotopic (exact) mass is 264 g/mol. The van der Waals surface area contributed by atoms with Crippen molar-refractivity contribution < 1.29 is 9.53 Å². The molecule has 0 radical (unpaired) electrons. The highest BCUT2D eigenvalue weighted by Gasteiger charge is 2.02. The van der Waals surface area contributed by atoms with Gasteiger partial charge in [0.15, 0.2) is 0 Å². The fourth-order valence-corrected chi connectivity index (χ4v) is 1.72. The van der Waals surface area contributed by atoms with Crippen LogP contribution in [0, 0.1) is 0 Å². The average Bonchev–Trinajstić information content (AvgIpc) is 2.27. The van der Waals surface area contributed by atoms with Gasteiger partial charge in [0, 0.05) is 5.56 Å². The Bertz CT molecular complexity index is 520. The van der Waals surface area contributed by atoms with Gasteiger partial charge in [-0.1, -0.05) is 12.1 Å². The number of benzene rings is 2. The molecule has 0 aliphatic heterocycles. The highest BCUT2D eigenvalue weighted by molar-refractivity contribution is 9.18. The Morgan fingerprint density at radius 3 is 2.47 bits per heavy atom. The van der Waals surface area contributed by atoms with E-state index < -0.39 is 0 Å². The van der Waals surface area contributed by atoms with Crippen LogP contribution in [0.4, 0.5) is 0 Å². The van der Waals surface area contributed by atoms with Gasteiger partial charge in [0.25, 0.3) is 0 Å². The van der Waals surface area contributed by atoms with Crippen LogP contribution in [-0.4, -0.2) is 11.8 Å². The second-order valence-electron chi connectivity index (χ2n) is 3.20. The van der Waals surface area contributed by atoms with E-state index in [4.69, 9.17) is 4.74 Å². The fourth-order valence-electron chi connectivity index (χ4n) is 1.47. The first-order valence-electron chi connectivity index (χ1n) is 4.48. The molecule has 0 saturated heterocycles. The Hall–Kier alpha value is -1.35. The van der Waals surface area contributed by atoms with Gasteiger partial charge in [0.05, 0.1) is 7.11 Å². The summed E-state index contributed by atoms with van der Waals surface area (Å²) in [5, 5.41) is 2.09. The Morgan fingerprint density at radius 2 is 1.80 bits per heavy atom. The molecule has 0 spiro atoms. The molecule has 0 saturated carbocycles. The number of carbonyl (C=O) groups is 1. The van der Waals surface area contributed by atoms with Crippen LogP contribution in [0.25, 0.3) is 10.8 Å². The Morgan fingerprint density at radius 1 is 1.13 bits per heavy atom. The Kier molecular flexibility index (Phi) is 2.73. The van der Waals surface area contributed by atoms with E-state index in [2.05, 4.69) is 15.9 Å². The molecule has 0 unspecified atom stereocenters. The van der Waals surface area contributed by atoms with Gasteiger partial charge < -0.3 is 4.74 Å². The van der Waals surface area contributed by atoms with Gasteiger partial charge in [-0.25, -0.2) is 0 Å². The number of halogens is 1. The highest BCUT2D eigenvalue weighted by atomic mass is 79.9. The number of methoxy groups -OCH3 is 1. The number of fused-ring (bicyclic) bond motifs is 1. The van der Waals surface area contributed by atoms with Gasteiger partial charge in [-0.3, -0.25) is 4.79 Å². The third-order valence-corrected chi connectivity index (χ3v) is 2.73. The maximum atomic E-state index is 11.1. The minimum atomic E-state index is -0.0970. The zero-order valence-electron chi connectivity index (χ0n) is 8.16. The quantitative estimate of drug-likeness (QED) is 0.778. The number of rotatable bonds is 2. The summed E-state index contributed by atoms with van der Waals surface area (Å²) >= 11 is 2.93. The Labute approximate surface area is 96.0 Å². The number of hydrogen-bond acceptors (Lipinski definition) is 2. The second kappa shape index (κ2) is 4.03. The van der Waals surface area contributed by atoms with Crippen LogP contribution in [0.2, 0.25) is 0 Å². The maximum absolute atomic E-state index is 11.1. The van der Waals surface area contributed by atoms with Crippen molar-refractivity contribution in [2.45, 2.75) is 0 Å². The highest BCUT2D eigenvalue weighted by Crippen LogP contribution is 2.22. The van der Waals surface area contributed by atoms with Crippen molar-refractivity contribution in [1.29, 1.82) is 0 Å². The molecule has 0 atom stereocenters. The molecule has 0 heterocycles. The van der Waals surface area contributed by atoms with Gasteiger partial charge in [-0.15, -0.1) is 0 Å². The maximum Gasteiger partial charge on any atom is 0.228 e. The fraction of sp³-hybridized carbons (Fsp3) is 0.0833. The van der Waals surface area contributed by atoms with Crippen LogP contribution in [0.15, 0.2) is 36.4 Å². The van der Waals surface area contributed by atoms with E-state index in [1.165, 1.54) is 0 Å². The van der Waals surface area contributed by atoms with Crippen molar-refractivity contribution in [2.24, 2.45) is 0 Å². The standard InChI is InChI=1S/C12H9BrO2/c1-15-11-5-4-8-6-10(12(13)14)3-2-9(8)7-11/h2-7H,1H3. The Balaban J connectivity index is 2.59. The lowest BCUT2D eigenvalue weighted by molar-refractivity contribution is 0.109. The van der Waals surface area contributed by atoms with Crippen molar-refractivity contribution in [3.63, 3.8) is 0 Å². The van der Waals surface area contributed by atoms with Crippen LogP contribution in [0.1, 0.15) is 10.4 Å². The summed E-state index contributed by atoms with van der Waals surface area (Å²) in [5.41, 5.74) is 0.660. The number of carbonyl (C=O) groups excluding carboxylic acids is 1. The molecule has 2 aromatic carbocycles. The molecular weight excluding hydrogens is 256 g/mol. The van der Waals surface area contributed by atoms with Gasteiger partial charge in [-0.05, 0) is 51.0 Å². The predicted molar refractivity (Wildman–Crippen MR) is 63.8 cm³/mol. The first-order valence-corrected chi connectivity index (χ1v) is 5.27. The normalized spacial score (nSPS) is 10.3. The van der Waals surface area contributed by atoms with Gasteiger partial charge in [0.1, 0.15) is 5.75 Å². The van der Waals surface area contributed by atoms with Crippen molar-refractivity contribution in [3.05, 3.63) is 42.0 Å². The van der Waals surface area contributed by atoms with Crippen LogP contribution in [-0.2, 0) is 0 Å². The first kappa shape index (κ1) is 10.2. The summed E-state index contributed by atoms with van der Waals surface area (Å²) in [7, 11) is 1.64. The molecule has 76 valence electrons. The molecule has 3 heteroatoms. The second-order valence-corrected chi connectivity index (χ2v) is 3.92. The van der Waals surface area contributed by atoms with Crippen LogP contribution < -0.4 is 4.74 Å². The van der Waals surface area contributed by atoms with Gasteiger partial charge in [-0.2, -0.15) is 0 Å². The molecule has 0 aliphatic carbocycles. The van der Waals surface area contributed by atoms with E-state index in [1.54, 1.807) is 13.2 Å². The molecule has 0 fully saturated rings. The van der Waals surface area contributed by atoms with Crippen LogP contribution in [0.3, 0.4) is 0 Å². The average molecular weight is 265 g/mol. The molecule has 2 aromatic rings. The predicted octanol–water partition coefficient (Wildman–Crippen LogP) is 3.38. The van der Waals surface area contributed by atoms with Gasteiger partial charge in [0.2, 0.25) is 4.69 Å². The molecule has 2 rings (SSSR count). The first-order chi connectivity index (χ1) is 7.20. The van der Waals surface area contributed by atoms with Crippen molar-refractivity contribution in [2.75, 3.05) is 7.11 Å². The van der Waals surface area contributed by atoms with Gasteiger partial charge >= 0.3 is 0 Å². The van der Waals surface area contributed by atoms with Crippen LogP contribution >= 0.6 is 15.9 Å². The SMILES string of the molecule is COc1ccc2cc(C(=O)Br)ccc2c1. The smallest absolute Gasteiger partial charge is 0.228 e. The lowest BCUT2D eigenvalue weighted by Gasteiger charge is -2.03. The summed E-state index contributed by atoms with van der Waals surface area (Å²) in [4.78, 5) is 11.1. The zero-order valence-corrected chi connectivity index (χ0v) is 9.74. The summed E-state index contributed by atoms with van der Waals surface area (Å²) in [6.07, 6.45) is 0. The molecule has 0 bridgehead atoms. The molecular formula is C12H9BrO2. The molecule has 0 N–H and O–H groups in total. The van der Waals surface area contributed by atoms with E-state index in [0.29, 0.717) is 5.56 Å².